The lowest BCUT2D eigenvalue weighted by Gasteiger charge is -2.16. The minimum absolute atomic E-state index is 0.429. The summed E-state index contributed by atoms with van der Waals surface area (Å²) in [6.07, 6.45) is 0. The highest BCUT2D eigenvalue weighted by atomic mass is 28.3. The Hall–Kier alpha value is -1.62. The van der Waals surface area contributed by atoms with Crippen molar-refractivity contribution in [2.45, 2.75) is 20.8 Å². The highest BCUT2D eigenvalue weighted by molar-refractivity contribution is 6.64. The van der Waals surface area contributed by atoms with Gasteiger partial charge in [0.2, 0.25) is 0 Å². The largest absolute Gasteiger partial charge is 0.484 e. The molecule has 0 spiro atoms. The molecule has 0 saturated carbocycles. The van der Waals surface area contributed by atoms with Gasteiger partial charge in [-0.2, -0.15) is 0 Å². The van der Waals surface area contributed by atoms with Crippen LogP contribution in [0.1, 0.15) is 19.4 Å². The lowest BCUT2D eigenvalue weighted by Crippen LogP contribution is -2.41. The van der Waals surface area contributed by atoms with Gasteiger partial charge < -0.3 is 8.85 Å². The predicted molar refractivity (Wildman–Crippen MR) is 61.5 cm³/mol. The van der Waals surface area contributed by atoms with Crippen LogP contribution in [0.3, 0.4) is 0 Å². The molecule has 16 heavy (non-hydrogen) atoms. The number of hydrogen-bond donors (Lipinski definition) is 0. The number of aryl methyl sites for hydroxylation is 1. The average molecular weight is 238 g/mol. The molecule has 86 valence electrons. The Morgan fingerprint density at radius 2 is 1.56 bits per heavy atom. The van der Waals surface area contributed by atoms with E-state index in [1.807, 2.05) is 31.2 Å². The molecule has 0 radical (unpaired) electrons. The second-order valence-corrected chi connectivity index (χ2v) is 5.16. The molecule has 0 aliphatic heterocycles. The maximum absolute atomic E-state index is 10.9. The van der Waals surface area contributed by atoms with Gasteiger partial charge in [-0.15, -0.1) is 0 Å². The summed E-state index contributed by atoms with van der Waals surface area (Å²) in [6.45, 7) is 4.51. The Balaban J connectivity index is 2.96. The van der Waals surface area contributed by atoms with Crippen LogP contribution in [0.4, 0.5) is 0 Å². The molecule has 0 aliphatic rings. The Labute approximate surface area is 96.0 Å². The van der Waals surface area contributed by atoms with E-state index in [2.05, 4.69) is 0 Å². The van der Waals surface area contributed by atoms with E-state index in [0.29, 0.717) is 0 Å². The number of carbonyl (C=O) groups excluding carboxylic acids is 2. The first kappa shape index (κ1) is 12.4. The van der Waals surface area contributed by atoms with Gasteiger partial charge in [0, 0.05) is 19.0 Å². The van der Waals surface area contributed by atoms with Crippen LogP contribution in [0.2, 0.25) is 0 Å². The maximum atomic E-state index is 10.9. The van der Waals surface area contributed by atoms with Crippen LogP contribution < -0.4 is 5.19 Å². The molecule has 0 fully saturated rings. The Morgan fingerprint density at radius 3 is 2.00 bits per heavy atom. The fourth-order valence-corrected chi connectivity index (χ4v) is 2.94. The van der Waals surface area contributed by atoms with Crippen molar-refractivity contribution in [1.29, 1.82) is 0 Å². The SMILES string of the molecule is CC(=O)O[SiH](OC(C)=O)c1ccccc1C. The lowest BCUT2D eigenvalue weighted by molar-refractivity contribution is -0.137. The molecule has 0 amide bonds. The zero-order chi connectivity index (χ0) is 12.1. The molecule has 1 aromatic carbocycles. The molecular weight excluding hydrogens is 224 g/mol. The molecule has 0 aromatic heterocycles. The maximum Gasteiger partial charge on any atom is 0.483 e. The molecule has 1 aromatic rings. The van der Waals surface area contributed by atoms with Crippen molar-refractivity contribution in [3.63, 3.8) is 0 Å². The van der Waals surface area contributed by atoms with Crippen molar-refractivity contribution in [3.05, 3.63) is 29.8 Å². The standard InChI is InChI=1S/C11H14O4Si/c1-8-6-4-5-7-11(8)16(14-9(2)12)15-10(3)13/h4-7,16H,1-3H3. The second-order valence-electron chi connectivity index (χ2n) is 3.41. The van der Waals surface area contributed by atoms with Crippen molar-refractivity contribution < 1.29 is 18.4 Å². The number of rotatable bonds is 3. The monoisotopic (exact) mass is 238 g/mol. The van der Waals surface area contributed by atoms with Crippen molar-refractivity contribution in [2.24, 2.45) is 0 Å². The Kier molecular flexibility index (Phi) is 4.25. The van der Waals surface area contributed by atoms with Gasteiger partial charge in [0.05, 0.1) is 0 Å². The normalized spacial score (nSPS) is 10.0. The Morgan fingerprint density at radius 1 is 1.06 bits per heavy atom. The van der Waals surface area contributed by atoms with Gasteiger partial charge >= 0.3 is 9.28 Å². The van der Waals surface area contributed by atoms with E-state index >= 15 is 0 Å². The highest BCUT2D eigenvalue weighted by Crippen LogP contribution is 2.00. The number of carbonyl (C=O) groups is 2. The van der Waals surface area contributed by atoms with Gasteiger partial charge in [-0.3, -0.25) is 9.59 Å². The Bertz CT molecular complexity index is 387. The van der Waals surface area contributed by atoms with Crippen molar-refractivity contribution >= 4 is 26.4 Å². The number of hydrogen-bond acceptors (Lipinski definition) is 4. The van der Waals surface area contributed by atoms with Crippen LogP contribution >= 0.6 is 0 Å². The average Bonchev–Trinajstić information content (AvgIpc) is 2.15. The minimum atomic E-state index is -2.45. The fraction of sp³-hybridized carbons (Fsp3) is 0.273. The molecule has 0 unspecified atom stereocenters. The molecule has 1 rings (SSSR count). The van der Waals surface area contributed by atoms with Gasteiger partial charge in [0.15, 0.2) is 0 Å². The van der Waals surface area contributed by atoms with E-state index in [-0.39, 0.29) is 0 Å². The van der Waals surface area contributed by atoms with Crippen LogP contribution in [0, 0.1) is 6.92 Å². The van der Waals surface area contributed by atoms with Gasteiger partial charge in [-0.25, -0.2) is 0 Å². The quantitative estimate of drug-likeness (QED) is 0.722. The van der Waals surface area contributed by atoms with Crippen LogP contribution in [-0.2, 0) is 18.4 Å². The molecule has 0 atom stereocenters. The van der Waals surface area contributed by atoms with E-state index in [1.165, 1.54) is 13.8 Å². The van der Waals surface area contributed by atoms with E-state index in [0.717, 1.165) is 10.8 Å². The first-order chi connectivity index (χ1) is 7.50. The summed E-state index contributed by atoms with van der Waals surface area (Å²) in [5.74, 6) is -0.859. The molecule has 0 N–H and O–H groups in total. The summed E-state index contributed by atoms with van der Waals surface area (Å²) >= 11 is 0. The van der Waals surface area contributed by atoms with Gasteiger partial charge in [0.1, 0.15) is 0 Å². The highest BCUT2D eigenvalue weighted by Gasteiger charge is 2.24. The summed E-state index contributed by atoms with van der Waals surface area (Å²) in [4.78, 5) is 21.9. The third kappa shape index (κ3) is 3.51. The molecule has 0 aliphatic carbocycles. The summed E-state index contributed by atoms with van der Waals surface area (Å²) in [5, 5.41) is 0.813. The van der Waals surface area contributed by atoms with Gasteiger partial charge in [-0.05, 0) is 12.5 Å². The van der Waals surface area contributed by atoms with E-state index < -0.39 is 21.2 Å². The smallest absolute Gasteiger partial charge is 0.483 e. The van der Waals surface area contributed by atoms with Crippen molar-refractivity contribution in [3.8, 4) is 0 Å². The summed E-state index contributed by atoms with van der Waals surface area (Å²) in [6, 6.07) is 7.42. The van der Waals surface area contributed by atoms with E-state index in [9.17, 15) is 9.59 Å². The summed E-state index contributed by atoms with van der Waals surface area (Å²) < 4.78 is 10.2. The van der Waals surface area contributed by atoms with Crippen LogP contribution in [0.5, 0.6) is 0 Å². The third-order valence-corrected chi connectivity index (χ3v) is 4.24. The van der Waals surface area contributed by atoms with Crippen molar-refractivity contribution in [1.82, 2.24) is 0 Å². The van der Waals surface area contributed by atoms with E-state index in [1.54, 1.807) is 0 Å². The van der Waals surface area contributed by atoms with Gasteiger partial charge in [-0.1, -0.05) is 24.3 Å². The van der Waals surface area contributed by atoms with Crippen LogP contribution in [0.15, 0.2) is 24.3 Å². The molecule has 0 saturated heterocycles. The summed E-state index contributed by atoms with van der Waals surface area (Å²) in [5.41, 5.74) is 0.960. The van der Waals surface area contributed by atoms with E-state index in [4.69, 9.17) is 8.85 Å². The van der Waals surface area contributed by atoms with Crippen molar-refractivity contribution in [2.75, 3.05) is 0 Å². The molecule has 4 nitrogen and oxygen atoms in total. The van der Waals surface area contributed by atoms with Crippen LogP contribution in [0.25, 0.3) is 0 Å². The van der Waals surface area contributed by atoms with Crippen LogP contribution in [-0.4, -0.2) is 21.2 Å². The molecule has 0 heterocycles. The van der Waals surface area contributed by atoms with Gasteiger partial charge in [0.25, 0.3) is 11.9 Å². The number of benzene rings is 1. The first-order valence-corrected chi connectivity index (χ1v) is 6.42. The third-order valence-electron chi connectivity index (χ3n) is 1.99. The predicted octanol–water partition coefficient (Wildman–Crippen LogP) is 0.549. The lowest BCUT2D eigenvalue weighted by atomic mass is 10.2. The summed E-state index contributed by atoms with van der Waals surface area (Å²) in [7, 11) is -2.45. The zero-order valence-electron chi connectivity index (χ0n) is 9.52. The zero-order valence-corrected chi connectivity index (χ0v) is 10.7. The second kappa shape index (κ2) is 5.46. The fourth-order valence-electron chi connectivity index (χ4n) is 1.30. The topological polar surface area (TPSA) is 52.6 Å². The minimum Gasteiger partial charge on any atom is -0.484 e. The first-order valence-electron chi connectivity index (χ1n) is 4.90. The molecule has 0 bridgehead atoms. The molecule has 5 heteroatoms. The molecular formula is C11H14O4Si.